The maximum absolute atomic E-state index is 5.67. The lowest BCUT2D eigenvalue weighted by Crippen LogP contribution is -1.92. The lowest BCUT2D eigenvalue weighted by atomic mass is 10.2. The molecule has 0 radical (unpaired) electrons. The molecule has 0 unspecified atom stereocenters. The molecule has 100 valence electrons. The summed E-state index contributed by atoms with van der Waals surface area (Å²) >= 11 is 11.3. The van der Waals surface area contributed by atoms with E-state index in [0.29, 0.717) is 5.75 Å². The summed E-state index contributed by atoms with van der Waals surface area (Å²) in [5.41, 5.74) is 2.14. The van der Waals surface area contributed by atoms with Gasteiger partial charge in [0.15, 0.2) is 11.5 Å². The molecule has 19 heavy (non-hydrogen) atoms. The number of hydrogen-bond donors (Lipinski definition) is 0. The van der Waals surface area contributed by atoms with Crippen molar-refractivity contribution in [2.45, 2.75) is 11.8 Å². The highest BCUT2D eigenvalue weighted by Gasteiger charge is 2.14. The molecule has 0 amide bonds. The molecule has 1 heterocycles. The second kappa shape index (κ2) is 6.69. The molecule has 0 N–H and O–H groups in total. The minimum Gasteiger partial charge on any atom is -0.454 e. The van der Waals surface area contributed by atoms with Gasteiger partial charge in [-0.25, -0.2) is 0 Å². The van der Waals surface area contributed by atoms with Gasteiger partial charge in [0, 0.05) is 0 Å². The quantitative estimate of drug-likeness (QED) is 0.690. The predicted molar refractivity (Wildman–Crippen MR) is 79.3 cm³/mol. The fourth-order valence-corrected chi connectivity index (χ4v) is 1.85. The van der Waals surface area contributed by atoms with Crippen LogP contribution >= 0.6 is 23.2 Å². The standard InChI is InChI=1S/C8H6Cl2O2.C7H8/c9-8(10)5-1-2-6-7(3-5)12-4-11-6;1-7-5-3-2-4-6-7/h1-3,8H,4H2;2-6H,1H3/p+1. The number of halogens is 2. The first kappa shape index (κ1) is 14.0. The normalized spacial score (nSPS) is 12.0. The molecule has 0 saturated heterocycles. The highest BCUT2D eigenvalue weighted by atomic mass is 35.5. The number of rotatable bonds is 1. The molecule has 1 aliphatic rings. The van der Waals surface area contributed by atoms with Crippen LogP contribution in [0.5, 0.6) is 11.5 Å². The first-order valence-corrected chi connectivity index (χ1v) is 6.73. The number of hydrogen-bond acceptors (Lipinski definition) is 2. The van der Waals surface area contributed by atoms with Gasteiger partial charge in [0.05, 0.1) is 0 Å². The summed E-state index contributed by atoms with van der Waals surface area (Å²) in [5.74, 6) is 1.45. The van der Waals surface area contributed by atoms with E-state index in [4.69, 9.17) is 32.7 Å². The molecule has 2 nitrogen and oxygen atoms in total. The topological polar surface area (TPSA) is 18.5 Å². The van der Waals surface area contributed by atoms with Crippen molar-refractivity contribution in [3.05, 3.63) is 59.7 Å². The van der Waals surface area contributed by atoms with Crippen LogP contribution in [0.3, 0.4) is 0 Å². The molecule has 0 fully saturated rings. The van der Waals surface area contributed by atoms with Gasteiger partial charge >= 0.3 is 1.43 Å². The minimum atomic E-state index is -0.514. The van der Waals surface area contributed by atoms with Gasteiger partial charge in [-0.3, -0.25) is 0 Å². The average molecular weight is 298 g/mol. The van der Waals surface area contributed by atoms with Crippen LogP contribution in [-0.4, -0.2) is 6.79 Å². The Morgan fingerprint density at radius 1 is 1.00 bits per heavy atom. The third kappa shape index (κ3) is 4.05. The van der Waals surface area contributed by atoms with Gasteiger partial charge in [-0.2, -0.15) is 0 Å². The molecule has 1 aliphatic heterocycles. The van der Waals surface area contributed by atoms with Crippen LogP contribution in [0.25, 0.3) is 0 Å². The Morgan fingerprint density at radius 2 is 1.68 bits per heavy atom. The molecule has 0 aliphatic carbocycles. The van der Waals surface area contributed by atoms with Crippen molar-refractivity contribution in [2.24, 2.45) is 0 Å². The fourth-order valence-electron chi connectivity index (χ4n) is 1.58. The number of aryl methyl sites for hydroxylation is 1. The Balaban J connectivity index is 0.000000216. The third-order valence-electron chi connectivity index (χ3n) is 2.59. The van der Waals surface area contributed by atoms with E-state index in [0.717, 1.165) is 11.3 Å². The zero-order valence-electron chi connectivity index (χ0n) is 11.5. The summed E-state index contributed by atoms with van der Waals surface area (Å²) in [4.78, 5) is -0.514. The van der Waals surface area contributed by atoms with E-state index >= 15 is 0 Å². The van der Waals surface area contributed by atoms with Gasteiger partial charge in [-0.15, -0.1) is 23.2 Å². The molecule has 0 atom stereocenters. The molecule has 2 aromatic rings. The Bertz CT molecular complexity index is 533. The number of fused-ring (bicyclic) bond motifs is 1. The third-order valence-corrected chi connectivity index (χ3v) is 3.09. The van der Waals surface area contributed by atoms with Gasteiger partial charge in [0.1, 0.15) is 4.84 Å². The van der Waals surface area contributed by atoms with Crippen molar-refractivity contribution in [1.29, 1.82) is 0 Å². The molecule has 4 heteroatoms. The second-order valence-corrected chi connectivity index (χ2v) is 5.16. The van der Waals surface area contributed by atoms with E-state index in [2.05, 4.69) is 19.1 Å². The maximum atomic E-state index is 5.67. The highest BCUT2D eigenvalue weighted by molar-refractivity contribution is 6.44. The van der Waals surface area contributed by atoms with Crippen molar-refractivity contribution < 1.29 is 10.9 Å². The summed E-state index contributed by atoms with van der Waals surface area (Å²) in [6, 6.07) is 15.7. The van der Waals surface area contributed by atoms with Crippen LogP contribution in [0, 0.1) is 6.92 Å². The first-order valence-electron chi connectivity index (χ1n) is 5.86. The zero-order chi connectivity index (χ0) is 13.7. The average Bonchev–Trinajstić information content (AvgIpc) is 2.87. The number of ether oxygens (including phenoxy) is 2. The van der Waals surface area contributed by atoms with E-state index in [1.54, 1.807) is 12.1 Å². The fraction of sp³-hybridized carbons (Fsp3) is 0.200. The predicted octanol–water partition coefficient (Wildman–Crippen LogP) is 5.00. The van der Waals surface area contributed by atoms with E-state index in [1.165, 1.54) is 5.56 Å². The van der Waals surface area contributed by atoms with Crippen LogP contribution in [0.4, 0.5) is 0 Å². The van der Waals surface area contributed by atoms with E-state index in [9.17, 15) is 0 Å². The Hall–Kier alpha value is -1.38. The van der Waals surface area contributed by atoms with Crippen molar-refractivity contribution in [3.63, 3.8) is 0 Å². The molecule has 2 aromatic carbocycles. The van der Waals surface area contributed by atoms with Crippen LogP contribution in [0.1, 0.15) is 17.4 Å². The van der Waals surface area contributed by atoms with Gasteiger partial charge in [-0.1, -0.05) is 42.0 Å². The van der Waals surface area contributed by atoms with E-state index < -0.39 is 4.84 Å². The smallest absolute Gasteiger partial charge is 0.454 e. The highest BCUT2D eigenvalue weighted by Crippen LogP contribution is 2.36. The van der Waals surface area contributed by atoms with Gasteiger partial charge in [-0.05, 0) is 24.6 Å². The number of benzene rings is 2. The first-order chi connectivity index (χ1) is 9.16. The summed E-state index contributed by atoms with van der Waals surface area (Å²) in [6.07, 6.45) is 0. The monoisotopic (exact) mass is 297 g/mol. The van der Waals surface area contributed by atoms with Crippen LogP contribution < -0.4 is 9.47 Å². The molecule has 0 spiro atoms. The summed E-state index contributed by atoms with van der Waals surface area (Å²) in [6.45, 7) is 2.36. The Labute approximate surface area is 124 Å². The van der Waals surface area contributed by atoms with Gasteiger partial charge in [0.25, 0.3) is 0 Å². The van der Waals surface area contributed by atoms with Gasteiger partial charge in [0.2, 0.25) is 6.79 Å². The van der Waals surface area contributed by atoms with E-state index in [-0.39, 0.29) is 8.22 Å². The van der Waals surface area contributed by atoms with Crippen molar-refractivity contribution in [3.8, 4) is 11.5 Å². The molecular formula is C15H15Cl2O2+. The SMILES string of the molecule is Cc1ccccc1.ClC(Cl)c1ccc2c(c1)OCO2.[H+]. The van der Waals surface area contributed by atoms with Crippen LogP contribution in [0.15, 0.2) is 48.5 Å². The van der Waals surface area contributed by atoms with Crippen molar-refractivity contribution in [1.82, 2.24) is 0 Å². The second-order valence-electron chi connectivity index (χ2n) is 4.07. The zero-order valence-corrected chi connectivity index (χ0v) is 12.0. The molecule has 3 rings (SSSR count). The largest absolute Gasteiger partial charge is 1.00 e. The molecule has 0 aromatic heterocycles. The minimum absolute atomic E-state index is 0. The Kier molecular flexibility index (Phi) is 4.94. The van der Waals surface area contributed by atoms with Crippen molar-refractivity contribution >= 4 is 23.2 Å². The lowest BCUT2D eigenvalue weighted by Gasteiger charge is -2.01. The molecule has 0 bridgehead atoms. The molecular weight excluding hydrogens is 283 g/mol. The van der Waals surface area contributed by atoms with E-state index in [1.807, 2.05) is 24.3 Å². The van der Waals surface area contributed by atoms with Crippen LogP contribution in [0.2, 0.25) is 0 Å². The van der Waals surface area contributed by atoms with Crippen molar-refractivity contribution in [2.75, 3.05) is 6.79 Å². The Morgan fingerprint density at radius 3 is 2.26 bits per heavy atom. The van der Waals surface area contributed by atoms with Gasteiger partial charge < -0.3 is 9.47 Å². The lowest BCUT2D eigenvalue weighted by molar-refractivity contribution is 0.174. The summed E-state index contributed by atoms with van der Waals surface area (Å²) in [5, 5.41) is 0. The summed E-state index contributed by atoms with van der Waals surface area (Å²) in [7, 11) is 0. The van der Waals surface area contributed by atoms with Crippen LogP contribution in [-0.2, 0) is 0 Å². The summed E-state index contributed by atoms with van der Waals surface area (Å²) < 4.78 is 10.3. The molecule has 0 saturated carbocycles. The number of alkyl halides is 2. The maximum Gasteiger partial charge on any atom is 1.00 e.